The molecule has 6 nitrogen and oxygen atoms in total. The van der Waals surface area contributed by atoms with Crippen LogP contribution in [0.4, 0.5) is 5.69 Å². The number of carbonyl (C=O) groups excluding carboxylic acids is 2. The molecule has 0 aromatic heterocycles. The van der Waals surface area contributed by atoms with Crippen molar-refractivity contribution >= 4 is 39.9 Å². The Hall–Kier alpha value is -3.25. The number of esters is 1. The summed E-state index contributed by atoms with van der Waals surface area (Å²) in [7, 11) is 0. The van der Waals surface area contributed by atoms with E-state index in [0.717, 1.165) is 6.07 Å². The molecule has 0 bridgehead atoms. The van der Waals surface area contributed by atoms with Crippen LogP contribution in [0.25, 0.3) is 10.8 Å². The third-order valence-corrected chi connectivity index (χ3v) is 4.19. The normalized spacial score (nSPS) is 11.8. The Morgan fingerprint density at radius 2 is 1.74 bits per heavy atom. The summed E-state index contributed by atoms with van der Waals surface area (Å²) in [5, 5.41) is 24.2. The zero-order chi connectivity index (χ0) is 19.6. The first kappa shape index (κ1) is 18.5. The molecule has 1 unspecified atom stereocenters. The summed E-state index contributed by atoms with van der Waals surface area (Å²) in [6, 6.07) is 14.2. The fraction of sp³-hybridized carbons (Fsp3) is 0.100. The van der Waals surface area contributed by atoms with E-state index in [9.17, 15) is 19.8 Å². The van der Waals surface area contributed by atoms with Crippen LogP contribution in [-0.2, 0) is 9.53 Å². The number of phenols is 2. The molecule has 3 N–H and O–H groups in total. The van der Waals surface area contributed by atoms with E-state index >= 15 is 0 Å². The first-order valence-corrected chi connectivity index (χ1v) is 8.45. The number of phenolic OH excluding ortho intramolecular Hbond substituents is 2. The molecule has 7 heteroatoms. The topological polar surface area (TPSA) is 95.9 Å². The lowest BCUT2D eigenvalue weighted by Gasteiger charge is -2.15. The summed E-state index contributed by atoms with van der Waals surface area (Å²) in [6.45, 7) is 1.40. The zero-order valence-corrected chi connectivity index (χ0v) is 15.0. The van der Waals surface area contributed by atoms with Crippen LogP contribution in [0.15, 0.2) is 54.6 Å². The van der Waals surface area contributed by atoms with E-state index in [-0.39, 0.29) is 17.1 Å². The van der Waals surface area contributed by atoms with Crippen LogP contribution in [0.3, 0.4) is 0 Å². The first-order valence-electron chi connectivity index (χ1n) is 8.08. The molecular formula is C20H16ClNO5. The number of fused-ring (bicyclic) bond motifs is 1. The van der Waals surface area contributed by atoms with Gasteiger partial charge in [0.15, 0.2) is 6.10 Å². The van der Waals surface area contributed by atoms with Crippen molar-refractivity contribution in [1.29, 1.82) is 0 Å². The number of anilines is 1. The number of nitrogens with one attached hydrogen (secondary N) is 1. The molecule has 3 aromatic carbocycles. The highest BCUT2D eigenvalue weighted by Crippen LogP contribution is 2.35. The van der Waals surface area contributed by atoms with Crippen LogP contribution < -0.4 is 5.32 Å². The summed E-state index contributed by atoms with van der Waals surface area (Å²) in [6.07, 6.45) is -1.13. The van der Waals surface area contributed by atoms with Gasteiger partial charge in [-0.2, -0.15) is 0 Å². The molecule has 0 radical (unpaired) electrons. The largest absolute Gasteiger partial charge is 0.507 e. The molecule has 1 atom stereocenters. The molecule has 0 aliphatic heterocycles. The lowest BCUT2D eigenvalue weighted by atomic mass is 10.0. The number of rotatable bonds is 4. The van der Waals surface area contributed by atoms with E-state index < -0.39 is 18.0 Å². The number of carbonyl (C=O) groups is 2. The molecule has 27 heavy (non-hydrogen) atoms. The molecule has 1 amide bonds. The Kier molecular flexibility index (Phi) is 5.19. The van der Waals surface area contributed by atoms with E-state index in [4.69, 9.17) is 16.3 Å². The van der Waals surface area contributed by atoms with Gasteiger partial charge in [0, 0.05) is 21.5 Å². The number of halogens is 1. The van der Waals surface area contributed by atoms with Crippen molar-refractivity contribution in [2.24, 2.45) is 0 Å². The fourth-order valence-electron chi connectivity index (χ4n) is 2.58. The van der Waals surface area contributed by atoms with Gasteiger partial charge in [-0.25, -0.2) is 4.79 Å². The minimum absolute atomic E-state index is 0.175. The smallest absolute Gasteiger partial charge is 0.342 e. The predicted molar refractivity (Wildman–Crippen MR) is 102 cm³/mol. The summed E-state index contributed by atoms with van der Waals surface area (Å²) < 4.78 is 5.13. The second-order valence-corrected chi connectivity index (χ2v) is 6.32. The summed E-state index contributed by atoms with van der Waals surface area (Å²) in [5.74, 6) is -1.99. The molecule has 138 valence electrons. The lowest BCUT2D eigenvalue weighted by Crippen LogP contribution is -2.30. The number of hydrogen-bond donors (Lipinski definition) is 3. The van der Waals surface area contributed by atoms with Crippen molar-refractivity contribution in [2.45, 2.75) is 13.0 Å². The maximum absolute atomic E-state index is 12.4. The summed E-state index contributed by atoms with van der Waals surface area (Å²) >= 11 is 5.86. The van der Waals surface area contributed by atoms with Gasteiger partial charge in [-0.1, -0.05) is 41.9 Å². The third kappa shape index (κ3) is 3.96. The minimum atomic E-state index is -1.13. The monoisotopic (exact) mass is 385 g/mol. The van der Waals surface area contributed by atoms with Gasteiger partial charge in [0.05, 0.1) is 0 Å². The van der Waals surface area contributed by atoms with Gasteiger partial charge in [0.25, 0.3) is 5.91 Å². The van der Waals surface area contributed by atoms with Gasteiger partial charge >= 0.3 is 5.97 Å². The highest BCUT2D eigenvalue weighted by molar-refractivity contribution is 6.30. The van der Waals surface area contributed by atoms with E-state index in [1.165, 1.54) is 6.92 Å². The number of aromatic hydroxyl groups is 2. The van der Waals surface area contributed by atoms with Crippen LogP contribution >= 0.6 is 11.6 Å². The average Bonchev–Trinajstić information content (AvgIpc) is 2.64. The number of amides is 1. The van der Waals surface area contributed by atoms with Crippen molar-refractivity contribution in [2.75, 3.05) is 5.32 Å². The van der Waals surface area contributed by atoms with Crippen LogP contribution in [0.5, 0.6) is 11.5 Å². The molecular weight excluding hydrogens is 370 g/mol. The van der Waals surface area contributed by atoms with Gasteiger partial charge in [0.2, 0.25) is 0 Å². The SMILES string of the molecule is CC(OC(=O)c1cc(O)c2ccccc2c1O)C(=O)Nc1cccc(Cl)c1. The maximum atomic E-state index is 12.4. The van der Waals surface area contributed by atoms with Gasteiger partial charge in [-0.15, -0.1) is 0 Å². The highest BCUT2D eigenvalue weighted by Gasteiger charge is 2.23. The average molecular weight is 386 g/mol. The van der Waals surface area contributed by atoms with E-state index in [1.54, 1.807) is 48.5 Å². The molecule has 0 spiro atoms. The van der Waals surface area contributed by atoms with Crippen molar-refractivity contribution in [3.63, 3.8) is 0 Å². The standard InChI is InChI=1S/C20H16ClNO5/c1-11(19(25)22-13-6-4-5-12(21)9-13)27-20(26)16-10-17(23)14-7-2-3-8-15(14)18(16)24/h2-11,23-24H,1H3,(H,22,25). The van der Waals surface area contributed by atoms with Crippen LogP contribution in [0, 0.1) is 0 Å². The zero-order valence-electron chi connectivity index (χ0n) is 14.3. The predicted octanol–water partition coefficient (Wildman–Crippen LogP) is 4.09. The number of ether oxygens (including phenoxy) is 1. The third-order valence-electron chi connectivity index (χ3n) is 3.96. The summed E-state index contributed by atoms with van der Waals surface area (Å²) in [4.78, 5) is 24.6. The van der Waals surface area contributed by atoms with Crippen LogP contribution in [0.1, 0.15) is 17.3 Å². The molecule has 0 aliphatic rings. The quantitative estimate of drug-likeness (QED) is 0.464. The van der Waals surface area contributed by atoms with E-state index in [2.05, 4.69) is 5.32 Å². The Balaban J connectivity index is 1.77. The molecule has 0 saturated heterocycles. The van der Waals surface area contributed by atoms with Crippen LogP contribution in [0.2, 0.25) is 5.02 Å². The molecule has 3 aromatic rings. The Labute approximate surface area is 160 Å². The minimum Gasteiger partial charge on any atom is -0.507 e. The first-order chi connectivity index (χ1) is 12.9. The van der Waals surface area contributed by atoms with Crippen molar-refractivity contribution in [3.05, 3.63) is 65.2 Å². The van der Waals surface area contributed by atoms with Crippen molar-refractivity contribution in [3.8, 4) is 11.5 Å². The van der Waals surface area contributed by atoms with E-state index in [0.29, 0.717) is 21.5 Å². The van der Waals surface area contributed by atoms with Gasteiger partial charge in [0.1, 0.15) is 17.1 Å². The Bertz CT molecular complexity index is 1030. The summed E-state index contributed by atoms with van der Waals surface area (Å²) in [5.41, 5.74) is 0.232. The molecule has 0 heterocycles. The molecule has 3 rings (SSSR count). The molecule has 0 aliphatic carbocycles. The molecule has 0 saturated carbocycles. The van der Waals surface area contributed by atoms with Crippen molar-refractivity contribution < 1.29 is 24.5 Å². The van der Waals surface area contributed by atoms with Crippen molar-refractivity contribution in [1.82, 2.24) is 0 Å². The van der Waals surface area contributed by atoms with E-state index in [1.807, 2.05) is 0 Å². The second kappa shape index (κ2) is 7.55. The van der Waals surface area contributed by atoms with Crippen LogP contribution in [-0.4, -0.2) is 28.2 Å². The van der Waals surface area contributed by atoms with Gasteiger partial charge < -0.3 is 20.3 Å². The Morgan fingerprint density at radius 3 is 2.44 bits per heavy atom. The van der Waals surface area contributed by atoms with Gasteiger partial charge in [-0.3, -0.25) is 4.79 Å². The number of hydrogen-bond acceptors (Lipinski definition) is 5. The lowest BCUT2D eigenvalue weighted by molar-refractivity contribution is -0.123. The molecule has 0 fully saturated rings. The highest BCUT2D eigenvalue weighted by atomic mass is 35.5. The Morgan fingerprint density at radius 1 is 1.04 bits per heavy atom. The second-order valence-electron chi connectivity index (χ2n) is 5.88. The fourth-order valence-corrected chi connectivity index (χ4v) is 2.77. The maximum Gasteiger partial charge on any atom is 0.342 e. The van der Waals surface area contributed by atoms with Gasteiger partial charge in [-0.05, 0) is 31.2 Å². The number of benzene rings is 3.